The van der Waals surface area contributed by atoms with Crippen molar-refractivity contribution in [2.75, 3.05) is 6.26 Å². The van der Waals surface area contributed by atoms with Gasteiger partial charge in [-0.3, -0.25) is 4.79 Å². The van der Waals surface area contributed by atoms with Gasteiger partial charge in [-0.2, -0.15) is 0 Å². The Bertz CT molecular complexity index is 916. The van der Waals surface area contributed by atoms with Crippen LogP contribution in [0.15, 0.2) is 40.6 Å². The van der Waals surface area contributed by atoms with E-state index in [1.807, 2.05) is 24.3 Å². The molecule has 0 saturated carbocycles. The van der Waals surface area contributed by atoms with Gasteiger partial charge in [-0.05, 0) is 23.3 Å². The summed E-state index contributed by atoms with van der Waals surface area (Å²) in [5.41, 5.74) is 1.82. The van der Waals surface area contributed by atoms with Crippen LogP contribution in [0.5, 0.6) is 0 Å². The first kappa shape index (κ1) is 16.7. The molecule has 1 aliphatic rings. The number of rotatable bonds is 3. The first-order chi connectivity index (χ1) is 11.3. The minimum absolute atomic E-state index is 0.0927. The molecule has 2 heterocycles. The summed E-state index contributed by atoms with van der Waals surface area (Å²) in [5.74, 6) is -1.53. The van der Waals surface area contributed by atoms with Crippen molar-refractivity contribution >= 4 is 33.1 Å². The van der Waals surface area contributed by atoms with Crippen molar-refractivity contribution in [3.8, 4) is 0 Å². The maximum absolute atomic E-state index is 12.7. The molecule has 0 bridgehead atoms. The number of hydrogen-bond acceptors (Lipinski definition) is 5. The van der Waals surface area contributed by atoms with Gasteiger partial charge in [0, 0.05) is 19.2 Å². The van der Waals surface area contributed by atoms with E-state index >= 15 is 0 Å². The van der Waals surface area contributed by atoms with Crippen LogP contribution in [0.4, 0.5) is 0 Å². The first-order valence-electron chi connectivity index (χ1n) is 7.18. The van der Waals surface area contributed by atoms with Crippen LogP contribution in [0.1, 0.15) is 20.8 Å². The van der Waals surface area contributed by atoms with Gasteiger partial charge in [0.05, 0.1) is 4.88 Å². The molecule has 0 spiro atoms. The molecule has 2 aromatic rings. The van der Waals surface area contributed by atoms with Gasteiger partial charge >= 0.3 is 5.97 Å². The van der Waals surface area contributed by atoms with Crippen LogP contribution in [0, 0.1) is 0 Å². The summed E-state index contributed by atoms with van der Waals surface area (Å²) in [6, 6.07) is 9.26. The predicted molar refractivity (Wildman–Crippen MR) is 88.9 cm³/mol. The number of carbonyl (C=O) groups excluding carboxylic acids is 1. The molecule has 1 N–H and O–H groups in total. The average Bonchev–Trinajstić information content (AvgIpc) is 3.03. The number of hydrogen-bond donors (Lipinski definition) is 1. The lowest BCUT2D eigenvalue weighted by atomic mass is 9.94. The SMILES string of the molecule is CS(=O)(=O)c1ccc(C(=O)N2Cc3ccccc3CC2C(=O)O)s1. The highest BCUT2D eigenvalue weighted by Gasteiger charge is 2.35. The molecule has 0 fully saturated rings. The summed E-state index contributed by atoms with van der Waals surface area (Å²) in [6.07, 6.45) is 1.31. The van der Waals surface area contributed by atoms with Crippen LogP contribution >= 0.6 is 11.3 Å². The zero-order valence-corrected chi connectivity index (χ0v) is 14.4. The van der Waals surface area contributed by atoms with Crippen molar-refractivity contribution in [3.05, 3.63) is 52.4 Å². The molecule has 1 atom stereocenters. The van der Waals surface area contributed by atoms with E-state index in [1.165, 1.54) is 17.0 Å². The second kappa shape index (κ2) is 6.03. The van der Waals surface area contributed by atoms with Gasteiger partial charge in [0.25, 0.3) is 5.91 Å². The topological polar surface area (TPSA) is 91.8 Å². The van der Waals surface area contributed by atoms with Crippen molar-refractivity contribution in [3.63, 3.8) is 0 Å². The molecule has 1 aromatic carbocycles. The normalized spacial score (nSPS) is 17.4. The fourth-order valence-electron chi connectivity index (χ4n) is 2.73. The molecule has 1 unspecified atom stereocenters. The maximum Gasteiger partial charge on any atom is 0.326 e. The molecule has 8 heteroatoms. The standard InChI is InChI=1S/C16H15NO5S2/c1-24(21,22)14-7-6-13(23-14)15(18)17-9-11-5-3-2-4-10(11)8-12(17)16(19)20/h2-7,12H,8-9H2,1H3,(H,19,20). The molecule has 0 saturated heterocycles. The van der Waals surface area contributed by atoms with E-state index in [9.17, 15) is 23.1 Å². The second-order valence-electron chi connectivity index (χ2n) is 5.65. The second-order valence-corrected chi connectivity index (χ2v) is 8.98. The number of carboxylic acid groups (broad SMARTS) is 1. The van der Waals surface area contributed by atoms with Gasteiger partial charge in [-0.25, -0.2) is 13.2 Å². The molecule has 0 aliphatic carbocycles. The molecule has 126 valence electrons. The zero-order valence-electron chi connectivity index (χ0n) is 12.8. The van der Waals surface area contributed by atoms with Crippen molar-refractivity contribution in [2.24, 2.45) is 0 Å². The number of thiophene rings is 1. The molecular weight excluding hydrogens is 350 g/mol. The fourth-order valence-corrected chi connectivity index (χ4v) is 4.62. The third kappa shape index (κ3) is 3.07. The summed E-state index contributed by atoms with van der Waals surface area (Å²) in [4.78, 5) is 25.8. The number of aliphatic carboxylic acids is 1. The highest BCUT2D eigenvalue weighted by Crippen LogP contribution is 2.28. The predicted octanol–water partition coefficient (Wildman–Crippen LogP) is 1.80. The van der Waals surface area contributed by atoms with Crippen LogP contribution < -0.4 is 0 Å². The first-order valence-corrected chi connectivity index (χ1v) is 9.88. The van der Waals surface area contributed by atoms with Gasteiger partial charge in [-0.1, -0.05) is 24.3 Å². The minimum Gasteiger partial charge on any atom is -0.480 e. The van der Waals surface area contributed by atoms with E-state index in [2.05, 4.69) is 0 Å². The van der Waals surface area contributed by atoms with E-state index in [-0.39, 0.29) is 22.1 Å². The largest absolute Gasteiger partial charge is 0.480 e. The summed E-state index contributed by atoms with van der Waals surface area (Å²) in [7, 11) is -3.39. The highest BCUT2D eigenvalue weighted by molar-refractivity contribution is 7.92. The Morgan fingerprint density at radius 2 is 1.83 bits per heavy atom. The van der Waals surface area contributed by atoms with Crippen LogP contribution in [0.2, 0.25) is 0 Å². The fraction of sp³-hybridized carbons (Fsp3) is 0.250. The maximum atomic E-state index is 12.7. The van der Waals surface area contributed by atoms with E-state index in [1.54, 1.807) is 0 Å². The molecule has 1 amide bonds. The monoisotopic (exact) mass is 365 g/mol. The lowest BCUT2D eigenvalue weighted by molar-refractivity contribution is -0.142. The van der Waals surface area contributed by atoms with Gasteiger partial charge in [0.15, 0.2) is 9.84 Å². The van der Waals surface area contributed by atoms with Crippen molar-refractivity contribution < 1.29 is 23.1 Å². The van der Waals surface area contributed by atoms with Gasteiger partial charge in [0.1, 0.15) is 10.3 Å². The van der Waals surface area contributed by atoms with Crippen LogP contribution in [0.3, 0.4) is 0 Å². The van der Waals surface area contributed by atoms with E-state index in [0.717, 1.165) is 28.7 Å². The quantitative estimate of drug-likeness (QED) is 0.895. The Labute approximate surface area is 143 Å². The smallest absolute Gasteiger partial charge is 0.326 e. The summed E-state index contributed by atoms with van der Waals surface area (Å²) in [5, 5.41) is 9.48. The summed E-state index contributed by atoms with van der Waals surface area (Å²) in [6.45, 7) is 0.193. The highest BCUT2D eigenvalue weighted by atomic mass is 32.2. The Morgan fingerprint density at radius 3 is 2.42 bits per heavy atom. The zero-order chi connectivity index (χ0) is 17.5. The number of carboxylic acids is 1. The molecule has 6 nitrogen and oxygen atoms in total. The van der Waals surface area contributed by atoms with Gasteiger partial charge in [0.2, 0.25) is 0 Å². The minimum atomic E-state index is -3.39. The molecule has 24 heavy (non-hydrogen) atoms. The number of benzene rings is 1. The third-order valence-corrected chi connectivity index (χ3v) is 6.85. The summed E-state index contributed by atoms with van der Waals surface area (Å²) >= 11 is 0.865. The third-order valence-electron chi connectivity index (χ3n) is 3.95. The van der Waals surface area contributed by atoms with E-state index in [0.29, 0.717) is 0 Å². The number of nitrogens with zero attached hydrogens (tertiary/aromatic N) is 1. The van der Waals surface area contributed by atoms with Gasteiger partial charge < -0.3 is 10.0 Å². The molecule has 3 rings (SSSR count). The number of amides is 1. The summed E-state index contributed by atoms with van der Waals surface area (Å²) < 4.78 is 23.2. The molecular formula is C16H15NO5S2. The molecule has 0 radical (unpaired) electrons. The Balaban J connectivity index is 1.95. The van der Waals surface area contributed by atoms with Gasteiger partial charge in [-0.15, -0.1) is 11.3 Å². The van der Waals surface area contributed by atoms with Crippen LogP contribution in [-0.4, -0.2) is 42.6 Å². The van der Waals surface area contributed by atoms with Crippen molar-refractivity contribution in [2.45, 2.75) is 23.2 Å². The van der Waals surface area contributed by atoms with Crippen molar-refractivity contribution in [1.82, 2.24) is 4.90 Å². The Kier molecular flexibility index (Phi) is 4.18. The van der Waals surface area contributed by atoms with Crippen LogP contribution in [-0.2, 0) is 27.6 Å². The number of carbonyl (C=O) groups is 2. The number of fused-ring (bicyclic) bond motifs is 1. The lowest BCUT2D eigenvalue weighted by Gasteiger charge is -2.34. The Morgan fingerprint density at radius 1 is 1.17 bits per heavy atom. The Hall–Kier alpha value is -2.19. The molecule has 1 aromatic heterocycles. The average molecular weight is 365 g/mol. The lowest BCUT2D eigenvalue weighted by Crippen LogP contribution is -2.48. The number of sulfone groups is 1. The molecule has 1 aliphatic heterocycles. The van der Waals surface area contributed by atoms with Crippen LogP contribution in [0.25, 0.3) is 0 Å². The van der Waals surface area contributed by atoms with E-state index in [4.69, 9.17) is 0 Å². The van der Waals surface area contributed by atoms with Crippen molar-refractivity contribution in [1.29, 1.82) is 0 Å². The van der Waals surface area contributed by atoms with E-state index < -0.39 is 27.8 Å².